The van der Waals surface area contributed by atoms with E-state index in [-0.39, 0.29) is 6.71 Å². The smallest absolute Gasteiger partial charge is 0.252 e. The van der Waals surface area contributed by atoms with Crippen LogP contribution < -0.4 is 16.4 Å². The molecule has 8 aromatic rings. The van der Waals surface area contributed by atoms with Gasteiger partial charge in [0, 0.05) is 55.7 Å². The summed E-state index contributed by atoms with van der Waals surface area (Å²) < 4.78 is 5.02. The van der Waals surface area contributed by atoms with Crippen molar-refractivity contribution in [2.75, 3.05) is 0 Å². The van der Waals surface area contributed by atoms with Gasteiger partial charge in [-0.25, -0.2) is 0 Å². The van der Waals surface area contributed by atoms with Gasteiger partial charge < -0.3 is 9.13 Å². The Kier molecular flexibility index (Phi) is 3.51. The average molecular weight is 493 g/mol. The Bertz CT molecular complexity index is 2200. The van der Waals surface area contributed by atoms with Gasteiger partial charge >= 0.3 is 0 Å². The van der Waals surface area contributed by atoms with Gasteiger partial charge in [-0.1, -0.05) is 78.9 Å². The zero-order valence-electron chi connectivity index (χ0n) is 21.0. The summed E-state index contributed by atoms with van der Waals surface area (Å²) in [6.07, 6.45) is 1.89. The number of nitrogens with zero attached hydrogens (tertiary/aromatic N) is 3. The highest BCUT2D eigenvalue weighted by Gasteiger charge is 2.40. The first-order valence-electron chi connectivity index (χ1n) is 13.5. The molecule has 0 radical (unpaired) electrons. The molecule has 2 aliphatic heterocycles. The maximum Gasteiger partial charge on any atom is 0.252 e. The molecule has 0 atom stereocenters. The van der Waals surface area contributed by atoms with Crippen LogP contribution in [0.25, 0.3) is 66.2 Å². The first kappa shape index (κ1) is 20.0. The van der Waals surface area contributed by atoms with Gasteiger partial charge in [0.25, 0.3) is 6.71 Å². The highest BCUT2D eigenvalue weighted by molar-refractivity contribution is 7.00. The van der Waals surface area contributed by atoms with E-state index in [0.29, 0.717) is 0 Å². The molecule has 5 heterocycles. The van der Waals surface area contributed by atoms with Crippen LogP contribution in [0.3, 0.4) is 0 Å². The van der Waals surface area contributed by atoms with Crippen molar-refractivity contribution in [3.63, 3.8) is 0 Å². The number of hydrogen-bond acceptors (Lipinski definition) is 1. The molecule has 10 rings (SSSR count). The van der Waals surface area contributed by atoms with E-state index in [1.807, 2.05) is 12.3 Å². The van der Waals surface area contributed by atoms with Crippen LogP contribution in [0.1, 0.15) is 0 Å². The van der Waals surface area contributed by atoms with E-state index in [4.69, 9.17) is 4.98 Å². The van der Waals surface area contributed by atoms with Crippen LogP contribution in [-0.4, -0.2) is 20.8 Å². The lowest BCUT2D eigenvalue weighted by Crippen LogP contribution is -2.59. The molecule has 178 valence electrons. The zero-order chi connectivity index (χ0) is 25.2. The van der Waals surface area contributed by atoms with E-state index in [0.717, 1.165) is 11.3 Å². The minimum absolute atomic E-state index is 0.161. The van der Waals surface area contributed by atoms with E-state index in [1.165, 1.54) is 71.4 Å². The normalized spacial score (nSPS) is 13.1. The predicted molar refractivity (Wildman–Crippen MR) is 163 cm³/mol. The van der Waals surface area contributed by atoms with Crippen molar-refractivity contribution < 1.29 is 0 Å². The summed E-state index contributed by atoms with van der Waals surface area (Å²) in [5.74, 6) is 0. The van der Waals surface area contributed by atoms with Crippen molar-refractivity contribution in [3.8, 4) is 22.6 Å². The second-order valence-electron chi connectivity index (χ2n) is 10.8. The molecule has 0 amide bonds. The van der Waals surface area contributed by atoms with E-state index in [2.05, 4.69) is 118 Å². The molecule has 0 saturated carbocycles. The van der Waals surface area contributed by atoms with E-state index < -0.39 is 0 Å². The number of benzene rings is 5. The van der Waals surface area contributed by atoms with Crippen molar-refractivity contribution >= 4 is 66.7 Å². The van der Waals surface area contributed by atoms with Crippen LogP contribution in [0.15, 0.2) is 121 Å². The van der Waals surface area contributed by atoms with Crippen molar-refractivity contribution in [2.45, 2.75) is 0 Å². The average Bonchev–Trinajstić information content (AvgIpc) is 3.52. The molecule has 0 N–H and O–H groups in total. The monoisotopic (exact) mass is 493 g/mol. The predicted octanol–water partition coefficient (Wildman–Crippen LogP) is 6.09. The first-order valence-corrected chi connectivity index (χ1v) is 13.5. The number of rotatable bonds is 1. The van der Waals surface area contributed by atoms with Crippen LogP contribution in [-0.2, 0) is 0 Å². The lowest BCUT2D eigenvalue weighted by Gasteiger charge is -2.34. The van der Waals surface area contributed by atoms with E-state index >= 15 is 0 Å². The highest BCUT2D eigenvalue weighted by atomic mass is 15.0. The SMILES string of the molecule is c1ccc(-c2cc3c4c(c2)-n2c5ccccc5c5cccc(c52)B4c2cccc4c5ccccc5n-3c24)nc1. The molecule has 0 unspecified atom stereocenters. The fourth-order valence-corrected chi connectivity index (χ4v) is 7.51. The minimum Gasteiger partial charge on any atom is -0.310 e. The van der Waals surface area contributed by atoms with Crippen LogP contribution >= 0.6 is 0 Å². The molecule has 39 heavy (non-hydrogen) atoms. The largest absolute Gasteiger partial charge is 0.310 e. The highest BCUT2D eigenvalue weighted by Crippen LogP contribution is 2.40. The maximum absolute atomic E-state index is 4.78. The van der Waals surface area contributed by atoms with Gasteiger partial charge in [0.15, 0.2) is 0 Å². The van der Waals surface area contributed by atoms with Gasteiger partial charge in [-0.2, -0.15) is 0 Å². The summed E-state index contributed by atoms with van der Waals surface area (Å²) in [6, 6.07) is 42.3. The summed E-state index contributed by atoms with van der Waals surface area (Å²) in [4.78, 5) is 4.78. The maximum atomic E-state index is 4.78. The molecule has 0 aliphatic carbocycles. The van der Waals surface area contributed by atoms with Crippen molar-refractivity contribution in [2.24, 2.45) is 0 Å². The number of hydrogen-bond donors (Lipinski definition) is 0. The summed E-state index contributed by atoms with van der Waals surface area (Å²) in [5.41, 5.74) is 13.9. The molecule has 4 heteroatoms. The van der Waals surface area contributed by atoms with Crippen molar-refractivity contribution in [1.29, 1.82) is 0 Å². The Morgan fingerprint density at radius 3 is 1.62 bits per heavy atom. The first-order chi connectivity index (χ1) is 19.4. The molecule has 0 bridgehead atoms. The van der Waals surface area contributed by atoms with Crippen molar-refractivity contribution in [1.82, 2.24) is 14.1 Å². The third-order valence-corrected chi connectivity index (χ3v) is 8.94. The van der Waals surface area contributed by atoms with E-state index in [9.17, 15) is 0 Å². The molecule has 0 saturated heterocycles. The summed E-state index contributed by atoms with van der Waals surface area (Å²) in [5, 5.41) is 5.23. The molecule has 2 aliphatic rings. The Balaban J connectivity index is 1.49. The molecule has 3 aromatic heterocycles. The fraction of sp³-hybridized carbons (Fsp3) is 0. The quantitative estimate of drug-likeness (QED) is 0.254. The Hall–Kier alpha value is -5.09. The fourth-order valence-electron chi connectivity index (χ4n) is 7.51. The summed E-state index contributed by atoms with van der Waals surface area (Å²) in [7, 11) is 0. The van der Waals surface area contributed by atoms with Crippen LogP contribution in [0.5, 0.6) is 0 Å². The van der Waals surface area contributed by atoms with Crippen LogP contribution in [0.2, 0.25) is 0 Å². The molecule has 0 fully saturated rings. The lowest BCUT2D eigenvalue weighted by atomic mass is 9.34. The van der Waals surface area contributed by atoms with Gasteiger partial charge in [0.05, 0.1) is 16.7 Å². The standard InChI is InChI=1S/C35H20BN3/c1-3-16-29-22(9-1)24-11-7-13-26-34(24)38(29)31-19-21(28-15-5-6-18-37-28)20-32-33(31)36(26)27-14-8-12-25-23-10-2-4-17-30(23)39(32)35(25)27/h1-20H. The van der Waals surface area contributed by atoms with Gasteiger partial charge in [0.1, 0.15) is 0 Å². The van der Waals surface area contributed by atoms with Crippen molar-refractivity contribution in [3.05, 3.63) is 121 Å². The van der Waals surface area contributed by atoms with E-state index in [1.54, 1.807) is 0 Å². The molecular formula is C35H20BN3. The van der Waals surface area contributed by atoms with Gasteiger partial charge in [0.2, 0.25) is 0 Å². The number of pyridine rings is 1. The number of fused-ring (bicyclic) bond motifs is 10. The minimum atomic E-state index is 0.161. The lowest BCUT2D eigenvalue weighted by molar-refractivity contribution is 1.14. The second kappa shape index (κ2) is 6.86. The molecular weight excluding hydrogens is 473 g/mol. The van der Waals surface area contributed by atoms with Crippen LogP contribution in [0.4, 0.5) is 0 Å². The number of aromatic nitrogens is 3. The summed E-state index contributed by atoms with van der Waals surface area (Å²) >= 11 is 0. The second-order valence-corrected chi connectivity index (χ2v) is 10.8. The molecule has 0 spiro atoms. The third-order valence-electron chi connectivity index (χ3n) is 8.94. The summed E-state index contributed by atoms with van der Waals surface area (Å²) in [6.45, 7) is 0.161. The van der Waals surface area contributed by atoms with Gasteiger partial charge in [-0.15, -0.1) is 0 Å². The Labute approximate surface area is 224 Å². The Morgan fingerprint density at radius 2 is 1.05 bits per heavy atom. The third kappa shape index (κ3) is 2.30. The van der Waals surface area contributed by atoms with Gasteiger partial charge in [-0.3, -0.25) is 4.98 Å². The molecule has 5 aromatic carbocycles. The topological polar surface area (TPSA) is 22.8 Å². The molecule has 3 nitrogen and oxygen atoms in total. The Morgan fingerprint density at radius 1 is 0.513 bits per heavy atom. The number of para-hydroxylation sites is 4. The van der Waals surface area contributed by atoms with Crippen LogP contribution in [0, 0.1) is 0 Å². The zero-order valence-corrected chi connectivity index (χ0v) is 21.0. The van der Waals surface area contributed by atoms with Gasteiger partial charge in [-0.05, 0) is 52.8 Å².